The number of nitro benzene ring substituents is 1. The number of hydrogen-bond donors (Lipinski definition) is 0. The highest BCUT2D eigenvalue weighted by molar-refractivity contribution is 8.14. The van der Waals surface area contributed by atoms with Crippen molar-refractivity contribution in [1.82, 2.24) is 4.90 Å². The molecule has 6 nitrogen and oxygen atoms in total. The average Bonchev–Trinajstić information content (AvgIpc) is 2.96. The molecule has 1 saturated heterocycles. The first-order chi connectivity index (χ1) is 11.9. The van der Waals surface area contributed by atoms with Gasteiger partial charge in [-0.05, 0) is 36.4 Å². The molecule has 1 amide bonds. The third-order valence-corrected chi connectivity index (χ3v) is 4.92. The van der Waals surface area contributed by atoms with E-state index in [1.165, 1.54) is 36.0 Å². The minimum atomic E-state index is -0.491. The standard InChI is InChI=1S/C17H14ClN3O3S/c1-11-10-20(16(22)12-2-8-15(9-3-12)21(23)24)17(25-11)19-14-6-4-13(18)5-7-14/h2-9,11H,10H2,1H3/t11-/m0/s1. The van der Waals surface area contributed by atoms with E-state index in [1.54, 1.807) is 29.2 Å². The lowest BCUT2D eigenvalue weighted by atomic mass is 10.2. The number of aliphatic imine (C=N–C) groups is 1. The summed E-state index contributed by atoms with van der Waals surface area (Å²) in [5, 5.41) is 12.2. The van der Waals surface area contributed by atoms with Gasteiger partial charge in [0.25, 0.3) is 11.6 Å². The van der Waals surface area contributed by atoms with Crippen molar-refractivity contribution in [2.24, 2.45) is 4.99 Å². The van der Waals surface area contributed by atoms with Crippen molar-refractivity contribution in [2.45, 2.75) is 12.2 Å². The molecule has 0 bridgehead atoms. The minimum Gasteiger partial charge on any atom is -0.286 e. The lowest BCUT2D eigenvalue weighted by Gasteiger charge is -2.16. The van der Waals surface area contributed by atoms with E-state index in [1.807, 2.05) is 6.92 Å². The summed E-state index contributed by atoms with van der Waals surface area (Å²) in [6, 6.07) is 12.6. The molecule has 1 heterocycles. The average molecular weight is 376 g/mol. The minimum absolute atomic E-state index is 0.0456. The summed E-state index contributed by atoms with van der Waals surface area (Å²) in [5.74, 6) is -0.223. The smallest absolute Gasteiger partial charge is 0.269 e. The highest BCUT2D eigenvalue weighted by atomic mass is 35.5. The zero-order valence-electron chi connectivity index (χ0n) is 13.3. The quantitative estimate of drug-likeness (QED) is 0.584. The fraction of sp³-hybridized carbons (Fsp3) is 0.176. The molecule has 25 heavy (non-hydrogen) atoms. The second-order valence-electron chi connectivity index (χ2n) is 5.52. The van der Waals surface area contributed by atoms with Crippen molar-refractivity contribution < 1.29 is 9.72 Å². The Hall–Kier alpha value is -2.38. The van der Waals surface area contributed by atoms with E-state index >= 15 is 0 Å². The molecule has 1 fully saturated rings. The molecule has 128 valence electrons. The second kappa shape index (κ2) is 7.25. The van der Waals surface area contributed by atoms with E-state index < -0.39 is 4.92 Å². The van der Waals surface area contributed by atoms with Crippen LogP contribution in [0.25, 0.3) is 0 Å². The summed E-state index contributed by atoms with van der Waals surface area (Å²) in [4.78, 5) is 29.2. The number of thioether (sulfide) groups is 1. The Bertz CT molecular complexity index is 837. The molecule has 0 unspecified atom stereocenters. The van der Waals surface area contributed by atoms with Crippen LogP contribution in [0, 0.1) is 10.1 Å². The molecule has 0 spiro atoms. The first-order valence-electron chi connectivity index (χ1n) is 7.51. The second-order valence-corrected chi connectivity index (χ2v) is 7.36. The first kappa shape index (κ1) is 17.4. The number of non-ortho nitro benzene ring substituents is 1. The van der Waals surface area contributed by atoms with Gasteiger partial charge in [0, 0.05) is 34.5 Å². The van der Waals surface area contributed by atoms with Crippen LogP contribution >= 0.6 is 23.4 Å². The van der Waals surface area contributed by atoms with Gasteiger partial charge in [-0.1, -0.05) is 30.3 Å². The van der Waals surface area contributed by atoms with Crippen LogP contribution in [-0.2, 0) is 0 Å². The van der Waals surface area contributed by atoms with Gasteiger partial charge in [0.2, 0.25) is 0 Å². The van der Waals surface area contributed by atoms with Gasteiger partial charge in [0.05, 0.1) is 10.6 Å². The maximum absolute atomic E-state index is 12.8. The lowest BCUT2D eigenvalue weighted by Crippen LogP contribution is -2.32. The molecule has 1 aliphatic heterocycles. The van der Waals surface area contributed by atoms with E-state index in [2.05, 4.69) is 4.99 Å². The van der Waals surface area contributed by atoms with Crippen molar-refractivity contribution in [3.8, 4) is 0 Å². The predicted molar refractivity (Wildman–Crippen MR) is 99.7 cm³/mol. The van der Waals surface area contributed by atoms with E-state index in [0.717, 1.165) is 0 Å². The lowest BCUT2D eigenvalue weighted by molar-refractivity contribution is -0.384. The molecule has 2 aromatic carbocycles. The van der Waals surface area contributed by atoms with Gasteiger partial charge < -0.3 is 0 Å². The number of carbonyl (C=O) groups is 1. The Kier molecular flexibility index (Phi) is 5.06. The van der Waals surface area contributed by atoms with Crippen LogP contribution in [0.15, 0.2) is 53.5 Å². The number of amidine groups is 1. The van der Waals surface area contributed by atoms with E-state index in [0.29, 0.717) is 28.0 Å². The molecular formula is C17H14ClN3O3S. The van der Waals surface area contributed by atoms with Gasteiger partial charge in [-0.3, -0.25) is 19.8 Å². The summed E-state index contributed by atoms with van der Waals surface area (Å²) < 4.78 is 0. The maximum atomic E-state index is 12.8. The van der Waals surface area contributed by atoms with Gasteiger partial charge in [-0.2, -0.15) is 0 Å². The fourth-order valence-electron chi connectivity index (χ4n) is 2.38. The van der Waals surface area contributed by atoms with Crippen molar-refractivity contribution in [2.75, 3.05) is 6.54 Å². The Morgan fingerprint density at radius 2 is 1.88 bits per heavy atom. The molecule has 8 heteroatoms. The summed E-state index contributed by atoms with van der Waals surface area (Å²) in [6.45, 7) is 2.55. The normalized spacial score (nSPS) is 18.6. The Morgan fingerprint density at radius 3 is 2.48 bits per heavy atom. The molecule has 0 N–H and O–H groups in total. The molecule has 0 aliphatic carbocycles. The number of nitro groups is 1. The van der Waals surface area contributed by atoms with Gasteiger partial charge in [-0.15, -0.1) is 0 Å². The van der Waals surface area contributed by atoms with Crippen molar-refractivity contribution in [1.29, 1.82) is 0 Å². The Labute approximate surface area is 153 Å². The molecule has 0 radical (unpaired) electrons. The highest BCUT2D eigenvalue weighted by Gasteiger charge is 2.31. The van der Waals surface area contributed by atoms with Gasteiger partial charge >= 0.3 is 0 Å². The topological polar surface area (TPSA) is 75.8 Å². The third kappa shape index (κ3) is 4.00. The number of halogens is 1. The Balaban J connectivity index is 1.86. The fourth-order valence-corrected chi connectivity index (χ4v) is 3.53. The molecule has 2 aromatic rings. The van der Waals surface area contributed by atoms with E-state index in [4.69, 9.17) is 11.6 Å². The van der Waals surface area contributed by atoms with Crippen LogP contribution in [0.2, 0.25) is 5.02 Å². The number of amides is 1. The molecule has 1 aliphatic rings. The van der Waals surface area contributed by atoms with Crippen LogP contribution < -0.4 is 0 Å². The third-order valence-electron chi connectivity index (χ3n) is 3.60. The highest BCUT2D eigenvalue weighted by Crippen LogP contribution is 2.30. The van der Waals surface area contributed by atoms with Crippen LogP contribution in [0.3, 0.4) is 0 Å². The van der Waals surface area contributed by atoms with Gasteiger partial charge in [0.1, 0.15) is 0 Å². The van der Waals surface area contributed by atoms with Crippen LogP contribution in [0.5, 0.6) is 0 Å². The predicted octanol–water partition coefficient (Wildman–Crippen LogP) is 4.51. The van der Waals surface area contributed by atoms with Gasteiger partial charge in [-0.25, -0.2) is 4.99 Å². The molecule has 3 rings (SSSR count). The summed E-state index contributed by atoms with van der Waals surface area (Å²) in [6.07, 6.45) is 0. The number of nitrogens with zero attached hydrogens (tertiary/aromatic N) is 3. The number of rotatable bonds is 3. The van der Waals surface area contributed by atoms with E-state index in [9.17, 15) is 14.9 Å². The maximum Gasteiger partial charge on any atom is 0.269 e. The molecule has 0 aromatic heterocycles. The van der Waals surface area contributed by atoms with Crippen LogP contribution in [0.4, 0.5) is 11.4 Å². The Morgan fingerprint density at radius 1 is 1.24 bits per heavy atom. The largest absolute Gasteiger partial charge is 0.286 e. The number of benzene rings is 2. The monoisotopic (exact) mass is 375 g/mol. The zero-order chi connectivity index (χ0) is 18.0. The van der Waals surface area contributed by atoms with Gasteiger partial charge in [0.15, 0.2) is 5.17 Å². The van der Waals surface area contributed by atoms with Crippen molar-refractivity contribution >= 4 is 45.8 Å². The van der Waals surface area contributed by atoms with E-state index in [-0.39, 0.29) is 16.8 Å². The van der Waals surface area contributed by atoms with Crippen LogP contribution in [0.1, 0.15) is 17.3 Å². The SMILES string of the molecule is C[C@H]1CN(C(=O)c2ccc([N+](=O)[O-])cc2)C(=Nc2ccc(Cl)cc2)S1. The number of carbonyl (C=O) groups excluding carboxylic acids is 1. The molecular weight excluding hydrogens is 362 g/mol. The molecule has 1 atom stereocenters. The zero-order valence-corrected chi connectivity index (χ0v) is 14.8. The summed E-state index contributed by atoms with van der Waals surface area (Å²) >= 11 is 7.40. The molecule has 0 saturated carbocycles. The first-order valence-corrected chi connectivity index (χ1v) is 8.77. The number of hydrogen-bond acceptors (Lipinski definition) is 5. The van der Waals surface area contributed by atoms with Crippen molar-refractivity contribution in [3.05, 3.63) is 69.2 Å². The summed E-state index contributed by atoms with van der Waals surface area (Å²) in [7, 11) is 0. The van der Waals surface area contributed by atoms with Crippen molar-refractivity contribution in [3.63, 3.8) is 0 Å². The van der Waals surface area contributed by atoms with Crippen LogP contribution in [-0.4, -0.2) is 32.7 Å². The summed E-state index contributed by atoms with van der Waals surface area (Å²) in [5.41, 5.74) is 1.06.